The van der Waals surface area contributed by atoms with Gasteiger partial charge in [0.1, 0.15) is 5.82 Å². The standard InChI is InChI=1S/C16H11ClN4OS/c17-10-2-4-11-13(6-10)21-15(20-11)7-18-16(22)9-1-3-12-14(5-9)23-8-19-12/h1-6,8H,7H2,(H,18,22)(H,20,21). The maximum atomic E-state index is 12.3. The third kappa shape index (κ3) is 2.78. The fraction of sp³-hybridized carbons (Fsp3) is 0.0625. The van der Waals surface area contributed by atoms with Crippen molar-refractivity contribution in [2.75, 3.05) is 0 Å². The van der Waals surface area contributed by atoms with Crippen LogP contribution in [0.4, 0.5) is 0 Å². The number of halogens is 1. The molecule has 4 rings (SSSR count). The summed E-state index contributed by atoms with van der Waals surface area (Å²) in [5, 5.41) is 3.51. The molecule has 0 fully saturated rings. The van der Waals surface area contributed by atoms with Crippen LogP contribution >= 0.6 is 22.9 Å². The zero-order valence-electron chi connectivity index (χ0n) is 11.8. The summed E-state index contributed by atoms with van der Waals surface area (Å²) in [6, 6.07) is 10.9. The Balaban J connectivity index is 1.51. The second-order valence-electron chi connectivity index (χ2n) is 5.06. The van der Waals surface area contributed by atoms with Crippen molar-refractivity contribution in [3.63, 3.8) is 0 Å². The van der Waals surface area contributed by atoms with E-state index in [1.807, 2.05) is 24.3 Å². The molecule has 2 aromatic heterocycles. The van der Waals surface area contributed by atoms with E-state index in [0.29, 0.717) is 23.0 Å². The van der Waals surface area contributed by atoms with E-state index in [1.54, 1.807) is 17.6 Å². The van der Waals surface area contributed by atoms with Gasteiger partial charge in [-0.1, -0.05) is 11.6 Å². The highest BCUT2D eigenvalue weighted by Gasteiger charge is 2.09. The molecule has 0 saturated carbocycles. The number of imidazole rings is 1. The van der Waals surface area contributed by atoms with Crippen molar-refractivity contribution in [1.82, 2.24) is 20.3 Å². The third-order valence-corrected chi connectivity index (χ3v) is 4.53. The zero-order valence-corrected chi connectivity index (χ0v) is 13.4. The second-order valence-corrected chi connectivity index (χ2v) is 6.39. The molecular formula is C16H11ClN4OS. The number of rotatable bonds is 3. The molecule has 23 heavy (non-hydrogen) atoms. The molecule has 5 nitrogen and oxygen atoms in total. The highest BCUT2D eigenvalue weighted by Crippen LogP contribution is 2.19. The highest BCUT2D eigenvalue weighted by atomic mass is 35.5. The van der Waals surface area contributed by atoms with Crippen molar-refractivity contribution in [1.29, 1.82) is 0 Å². The van der Waals surface area contributed by atoms with Gasteiger partial charge >= 0.3 is 0 Å². The number of thiazole rings is 1. The minimum Gasteiger partial charge on any atom is -0.345 e. The van der Waals surface area contributed by atoms with E-state index in [9.17, 15) is 4.79 Å². The Morgan fingerprint density at radius 2 is 2.09 bits per heavy atom. The summed E-state index contributed by atoms with van der Waals surface area (Å²) in [7, 11) is 0. The maximum absolute atomic E-state index is 12.3. The predicted octanol–water partition coefficient (Wildman–Crippen LogP) is 3.76. The molecule has 0 unspecified atom stereocenters. The van der Waals surface area contributed by atoms with Gasteiger partial charge in [-0.3, -0.25) is 4.79 Å². The third-order valence-electron chi connectivity index (χ3n) is 3.50. The van der Waals surface area contributed by atoms with Crippen molar-refractivity contribution in [2.45, 2.75) is 6.54 Å². The first-order valence-electron chi connectivity index (χ1n) is 6.95. The van der Waals surface area contributed by atoms with Crippen LogP contribution in [0.5, 0.6) is 0 Å². The van der Waals surface area contributed by atoms with Crippen molar-refractivity contribution >= 4 is 50.1 Å². The summed E-state index contributed by atoms with van der Waals surface area (Å²) in [6.45, 7) is 0.325. The zero-order chi connectivity index (χ0) is 15.8. The van der Waals surface area contributed by atoms with Crippen molar-refractivity contribution in [3.8, 4) is 0 Å². The van der Waals surface area contributed by atoms with Crippen LogP contribution in [-0.4, -0.2) is 20.9 Å². The summed E-state index contributed by atoms with van der Waals surface area (Å²) in [4.78, 5) is 24.0. The van der Waals surface area contributed by atoms with E-state index in [0.717, 1.165) is 21.3 Å². The molecule has 0 aliphatic rings. The predicted molar refractivity (Wildman–Crippen MR) is 91.9 cm³/mol. The van der Waals surface area contributed by atoms with Gasteiger partial charge < -0.3 is 10.3 Å². The number of hydrogen-bond acceptors (Lipinski definition) is 4. The molecule has 7 heteroatoms. The molecule has 0 atom stereocenters. The fourth-order valence-corrected chi connectivity index (χ4v) is 3.27. The number of nitrogens with one attached hydrogen (secondary N) is 2. The van der Waals surface area contributed by atoms with Crippen molar-refractivity contribution in [3.05, 3.63) is 58.3 Å². The second kappa shape index (κ2) is 5.64. The fourth-order valence-electron chi connectivity index (χ4n) is 2.38. The first kappa shape index (κ1) is 14.2. The minimum absolute atomic E-state index is 0.140. The van der Waals surface area contributed by atoms with E-state index in [4.69, 9.17) is 11.6 Å². The molecule has 2 N–H and O–H groups in total. The van der Waals surface area contributed by atoms with Crippen LogP contribution in [0.15, 0.2) is 41.9 Å². The van der Waals surface area contributed by atoms with Gasteiger partial charge in [-0.15, -0.1) is 11.3 Å². The lowest BCUT2D eigenvalue weighted by atomic mass is 10.2. The lowest BCUT2D eigenvalue weighted by molar-refractivity contribution is 0.0950. The smallest absolute Gasteiger partial charge is 0.251 e. The summed E-state index contributed by atoms with van der Waals surface area (Å²) in [5.74, 6) is 0.549. The Morgan fingerprint density at radius 3 is 3.00 bits per heavy atom. The van der Waals surface area contributed by atoms with E-state index in [2.05, 4.69) is 20.3 Å². The number of carbonyl (C=O) groups excluding carboxylic acids is 1. The molecule has 1 amide bonds. The normalized spacial score (nSPS) is 11.2. The Hall–Kier alpha value is -2.44. The van der Waals surface area contributed by atoms with E-state index in [-0.39, 0.29) is 5.91 Å². The maximum Gasteiger partial charge on any atom is 0.251 e. The number of aromatic amines is 1. The minimum atomic E-state index is -0.140. The molecule has 2 aromatic carbocycles. The van der Waals surface area contributed by atoms with E-state index in [1.165, 1.54) is 11.3 Å². The van der Waals surface area contributed by atoms with Crippen LogP contribution in [0.1, 0.15) is 16.2 Å². The van der Waals surface area contributed by atoms with Crippen LogP contribution in [-0.2, 0) is 6.54 Å². The van der Waals surface area contributed by atoms with Crippen LogP contribution in [0, 0.1) is 0 Å². The molecule has 114 valence electrons. The number of carbonyl (C=O) groups is 1. The van der Waals surface area contributed by atoms with Crippen LogP contribution < -0.4 is 5.32 Å². The quantitative estimate of drug-likeness (QED) is 0.595. The van der Waals surface area contributed by atoms with Gasteiger partial charge in [0.2, 0.25) is 0 Å². The molecule has 4 aromatic rings. The summed E-state index contributed by atoms with van der Waals surface area (Å²) in [6.07, 6.45) is 0. The molecule has 0 aliphatic carbocycles. The van der Waals surface area contributed by atoms with Crippen LogP contribution in [0.25, 0.3) is 21.3 Å². The molecule has 0 radical (unpaired) electrons. The first-order valence-corrected chi connectivity index (χ1v) is 8.20. The largest absolute Gasteiger partial charge is 0.345 e. The Bertz CT molecular complexity index is 1020. The number of H-pyrrole nitrogens is 1. The van der Waals surface area contributed by atoms with Crippen molar-refractivity contribution < 1.29 is 4.79 Å². The van der Waals surface area contributed by atoms with Crippen molar-refractivity contribution in [2.24, 2.45) is 0 Å². The molecule has 2 heterocycles. The average Bonchev–Trinajstić information content (AvgIpc) is 3.17. The Labute approximate surface area is 140 Å². The topological polar surface area (TPSA) is 70.7 Å². The van der Waals surface area contributed by atoms with Gasteiger partial charge in [-0.05, 0) is 36.4 Å². The molecule has 0 spiro atoms. The number of benzene rings is 2. The lowest BCUT2D eigenvalue weighted by Crippen LogP contribution is -2.23. The van der Waals surface area contributed by atoms with E-state index < -0.39 is 0 Å². The number of fused-ring (bicyclic) bond motifs is 2. The van der Waals surface area contributed by atoms with Crippen LogP contribution in [0.2, 0.25) is 5.02 Å². The van der Waals surface area contributed by atoms with Gasteiger partial charge in [0.05, 0.1) is 33.3 Å². The van der Waals surface area contributed by atoms with Gasteiger partial charge in [-0.2, -0.15) is 0 Å². The van der Waals surface area contributed by atoms with Gasteiger partial charge in [-0.25, -0.2) is 9.97 Å². The Kier molecular flexibility index (Phi) is 3.48. The molecule has 0 bridgehead atoms. The molecule has 0 saturated heterocycles. The number of aromatic nitrogens is 3. The molecular weight excluding hydrogens is 332 g/mol. The summed E-state index contributed by atoms with van der Waals surface area (Å²) in [5.41, 5.74) is 4.96. The Morgan fingerprint density at radius 1 is 1.22 bits per heavy atom. The summed E-state index contributed by atoms with van der Waals surface area (Å²) >= 11 is 7.47. The SMILES string of the molecule is O=C(NCc1nc2ccc(Cl)cc2[nH]1)c1ccc2ncsc2c1. The average molecular weight is 343 g/mol. The highest BCUT2D eigenvalue weighted by molar-refractivity contribution is 7.16. The van der Waals surface area contributed by atoms with Gasteiger partial charge in [0.15, 0.2) is 0 Å². The number of nitrogens with zero attached hydrogens (tertiary/aromatic N) is 2. The first-order chi connectivity index (χ1) is 11.2. The van der Waals surface area contributed by atoms with E-state index >= 15 is 0 Å². The van der Waals surface area contributed by atoms with Crippen LogP contribution in [0.3, 0.4) is 0 Å². The van der Waals surface area contributed by atoms with Gasteiger partial charge in [0.25, 0.3) is 5.91 Å². The summed E-state index contributed by atoms with van der Waals surface area (Å²) < 4.78 is 0.996. The van der Waals surface area contributed by atoms with Gasteiger partial charge in [0, 0.05) is 10.6 Å². The lowest BCUT2D eigenvalue weighted by Gasteiger charge is -2.03. The monoisotopic (exact) mass is 342 g/mol. The molecule has 0 aliphatic heterocycles. The number of hydrogen-bond donors (Lipinski definition) is 2. The number of amides is 1.